The number of rotatable bonds is 3. The zero-order chi connectivity index (χ0) is 17.3. The fourth-order valence-corrected chi connectivity index (χ4v) is 3.70. The molecule has 0 radical (unpaired) electrons. The van der Waals surface area contributed by atoms with E-state index in [4.69, 9.17) is 4.74 Å². The molecular formula is C18H22N4O3. The Kier molecular flexibility index (Phi) is 4.07. The van der Waals surface area contributed by atoms with Crippen LogP contribution in [0.4, 0.5) is 4.79 Å². The topological polar surface area (TPSA) is 75.9 Å². The van der Waals surface area contributed by atoms with Gasteiger partial charge < -0.3 is 19.4 Å². The number of hydrogen-bond acceptors (Lipinski definition) is 4. The zero-order valence-corrected chi connectivity index (χ0v) is 14.1. The lowest BCUT2D eigenvalue weighted by Crippen LogP contribution is -2.36. The van der Waals surface area contributed by atoms with Gasteiger partial charge in [0.05, 0.1) is 12.2 Å². The van der Waals surface area contributed by atoms with Crippen LogP contribution in [-0.2, 0) is 16.0 Å². The SMILES string of the molecule is O=C1NC[C@]2(CCCN(C(=O)CCc3cn4ccccc4n3)CC2)O1. The van der Waals surface area contributed by atoms with E-state index in [-0.39, 0.29) is 12.0 Å². The third-order valence-electron chi connectivity index (χ3n) is 5.12. The number of imidazole rings is 1. The standard InChI is InChI=1S/C18H22N4O3/c23-16(6-5-14-12-22-9-2-1-4-15(22)20-14)21-10-3-7-18(8-11-21)13-19-17(24)25-18/h1-2,4,9,12H,3,5-8,10-11,13H2,(H,19,24)/t18-/m1/s1. The van der Waals surface area contributed by atoms with Crippen LogP contribution < -0.4 is 5.32 Å². The maximum atomic E-state index is 12.6. The van der Waals surface area contributed by atoms with Crippen LogP contribution in [0, 0.1) is 0 Å². The number of nitrogens with one attached hydrogen (secondary N) is 1. The minimum atomic E-state index is -0.423. The summed E-state index contributed by atoms with van der Waals surface area (Å²) in [6.45, 7) is 1.91. The number of ether oxygens (including phenoxy) is 1. The Balaban J connectivity index is 1.34. The summed E-state index contributed by atoms with van der Waals surface area (Å²) in [5.41, 5.74) is 1.41. The van der Waals surface area contributed by atoms with Crippen molar-refractivity contribution in [3.63, 3.8) is 0 Å². The second kappa shape index (κ2) is 6.38. The molecule has 2 aliphatic rings. The van der Waals surface area contributed by atoms with E-state index in [0.717, 1.165) is 30.7 Å². The first-order chi connectivity index (χ1) is 12.1. The fourth-order valence-electron chi connectivity index (χ4n) is 3.70. The Labute approximate surface area is 146 Å². The molecule has 0 unspecified atom stereocenters. The molecule has 1 spiro atoms. The molecule has 7 heteroatoms. The maximum Gasteiger partial charge on any atom is 0.407 e. The second-order valence-corrected chi connectivity index (χ2v) is 6.86. The molecule has 1 N–H and O–H groups in total. The molecule has 0 bridgehead atoms. The van der Waals surface area contributed by atoms with Gasteiger partial charge in [-0.2, -0.15) is 0 Å². The largest absolute Gasteiger partial charge is 0.441 e. The Morgan fingerprint density at radius 3 is 3.04 bits per heavy atom. The van der Waals surface area contributed by atoms with Crippen molar-refractivity contribution in [1.82, 2.24) is 19.6 Å². The summed E-state index contributed by atoms with van der Waals surface area (Å²) in [7, 11) is 0. The summed E-state index contributed by atoms with van der Waals surface area (Å²) in [5.74, 6) is 0.145. The third kappa shape index (κ3) is 3.31. The van der Waals surface area contributed by atoms with Gasteiger partial charge in [0.1, 0.15) is 11.2 Å². The first-order valence-corrected chi connectivity index (χ1v) is 8.81. The fraction of sp³-hybridized carbons (Fsp3) is 0.500. The van der Waals surface area contributed by atoms with Gasteiger partial charge in [0.25, 0.3) is 0 Å². The second-order valence-electron chi connectivity index (χ2n) is 6.86. The summed E-state index contributed by atoms with van der Waals surface area (Å²) < 4.78 is 7.43. The van der Waals surface area contributed by atoms with Crippen LogP contribution in [0.3, 0.4) is 0 Å². The van der Waals surface area contributed by atoms with E-state index in [1.807, 2.05) is 39.9 Å². The van der Waals surface area contributed by atoms with E-state index in [9.17, 15) is 9.59 Å². The van der Waals surface area contributed by atoms with Gasteiger partial charge in [-0.05, 0) is 31.4 Å². The number of fused-ring (bicyclic) bond motifs is 1. The smallest absolute Gasteiger partial charge is 0.407 e. The third-order valence-corrected chi connectivity index (χ3v) is 5.12. The minimum Gasteiger partial charge on any atom is -0.441 e. The quantitative estimate of drug-likeness (QED) is 0.922. The molecule has 4 rings (SSSR count). The summed E-state index contributed by atoms with van der Waals surface area (Å²) in [4.78, 5) is 30.4. The molecule has 7 nitrogen and oxygen atoms in total. The van der Waals surface area contributed by atoms with Gasteiger partial charge in [0.15, 0.2) is 0 Å². The van der Waals surface area contributed by atoms with Crippen molar-refractivity contribution >= 4 is 17.6 Å². The number of pyridine rings is 1. The van der Waals surface area contributed by atoms with Crippen LogP contribution in [0.25, 0.3) is 5.65 Å². The number of hydrogen-bond donors (Lipinski definition) is 1. The van der Waals surface area contributed by atoms with E-state index in [0.29, 0.717) is 32.4 Å². The molecule has 2 fully saturated rings. The highest BCUT2D eigenvalue weighted by molar-refractivity contribution is 5.76. The Morgan fingerprint density at radius 1 is 1.32 bits per heavy atom. The molecule has 2 amide bonds. The Morgan fingerprint density at radius 2 is 2.24 bits per heavy atom. The number of aryl methyl sites for hydroxylation is 1. The predicted octanol–water partition coefficient (Wildman–Crippen LogP) is 1.76. The molecule has 4 heterocycles. The molecule has 132 valence electrons. The molecule has 1 atom stereocenters. The van der Waals surface area contributed by atoms with Crippen molar-refractivity contribution in [3.8, 4) is 0 Å². The van der Waals surface area contributed by atoms with Crippen LogP contribution >= 0.6 is 0 Å². The molecule has 0 saturated carbocycles. The van der Waals surface area contributed by atoms with Crippen LogP contribution in [0.1, 0.15) is 31.4 Å². The van der Waals surface area contributed by atoms with Gasteiger partial charge in [0.2, 0.25) is 5.91 Å². The lowest BCUT2D eigenvalue weighted by molar-refractivity contribution is -0.131. The van der Waals surface area contributed by atoms with Crippen LogP contribution in [0.15, 0.2) is 30.6 Å². The molecular weight excluding hydrogens is 320 g/mol. The van der Waals surface area contributed by atoms with Crippen molar-refractivity contribution in [2.45, 2.75) is 37.7 Å². The van der Waals surface area contributed by atoms with E-state index < -0.39 is 5.60 Å². The number of aromatic nitrogens is 2. The van der Waals surface area contributed by atoms with Crippen LogP contribution in [0.5, 0.6) is 0 Å². The van der Waals surface area contributed by atoms with Crippen molar-refractivity contribution in [2.75, 3.05) is 19.6 Å². The number of likely N-dealkylation sites (tertiary alicyclic amines) is 1. The summed E-state index contributed by atoms with van der Waals surface area (Å²) in [6, 6.07) is 5.87. The van der Waals surface area contributed by atoms with Gasteiger partial charge in [-0.25, -0.2) is 9.78 Å². The van der Waals surface area contributed by atoms with Gasteiger partial charge in [0, 0.05) is 38.3 Å². The first-order valence-electron chi connectivity index (χ1n) is 8.81. The Bertz CT molecular complexity index is 769. The normalized spacial score (nSPS) is 23.5. The van der Waals surface area contributed by atoms with Crippen LogP contribution in [-0.4, -0.2) is 51.5 Å². The number of alkyl carbamates (subject to hydrolysis) is 1. The lowest BCUT2D eigenvalue weighted by atomic mass is 9.95. The van der Waals surface area contributed by atoms with E-state index in [1.165, 1.54) is 0 Å². The zero-order valence-electron chi connectivity index (χ0n) is 14.1. The molecule has 2 saturated heterocycles. The van der Waals surface area contributed by atoms with Crippen molar-refractivity contribution < 1.29 is 14.3 Å². The average molecular weight is 342 g/mol. The van der Waals surface area contributed by atoms with Crippen molar-refractivity contribution in [2.24, 2.45) is 0 Å². The molecule has 2 aromatic rings. The van der Waals surface area contributed by atoms with E-state index in [2.05, 4.69) is 10.3 Å². The van der Waals surface area contributed by atoms with E-state index in [1.54, 1.807) is 0 Å². The van der Waals surface area contributed by atoms with Gasteiger partial charge in [-0.15, -0.1) is 0 Å². The molecule has 0 aromatic carbocycles. The summed E-state index contributed by atoms with van der Waals surface area (Å²) >= 11 is 0. The minimum absolute atomic E-state index is 0.145. The van der Waals surface area contributed by atoms with Crippen molar-refractivity contribution in [1.29, 1.82) is 0 Å². The molecule has 25 heavy (non-hydrogen) atoms. The highest BCUT2D eigenvalue weighted by atomic mass is 16.6. The highest BCUT2D eigenvalue weighted by Crippen LogP contribution is 2.29. The highest BCUT2D eigenvalue weighted by Gasteiger charge is 2.41. The van der Waals surface area contributed by atoms with Gasteiger partial charge in [-0.3, -0.25) is 4.79 Å². The number of carbonyl (C=O) groups excluding carboxylic acids is 2. The molecule has 2 aliphatic heterocycles. The predicted molar refractivity (Wildman–Crippen MR) is 91.2 cm³/mol. The van der Waals surface area contributed by atoms with E-state index >= 15 is 0 Å². The van der Waals surface area contributed by atoms with Crippen LogP contribution in [0.2, 0.25) is 0 Å². The maximum absolute atomic E-state index is 12.6. The summed E-state index contributed by atoms with van der Waals surface area (Å²) in [6.07, 6.45) is 7.05. The monoisotopic (exact) mass is 342 g/mol. The molecule has 0 aliphatic carbocycles. The van der Waals surface area contributed by atoms with Crippen molar-refractivity contribution in [3.05, 3.63) is 36.3 Å². The first kappa shape index (κ1) is 15.9. The average Bonchev–Trinajstić information content (AvgIpc) is 3.12. The van der Waals surface area contributed by atoms with Gasteiger partial charge >= 0.3 is 6.09 Å². The lowest BCUT2D eigenvalue weighted by Gasteiger charge is -2.25. The molecule has 2 aromatic heterocycles. The number of carbonyl (C=O) groups is 2. The number of amides is 2. The number of nitrogens with zero attached hydrogens (tertiary/aromatic N) is 3. The summed E-state index contributed by atoms with van der Waals surface area (Å²) in [5, 5.41) is 2.74. The Hall–Kier alpha value is -2.57. The van der Waals surface area contributed by atoms with Gasteiger partial charge in [-0.1, -0.05) is 6.07 Å².